The Labute approximate surface area is 93.1 Å². The zero-order valence-corrected chi connectivity index (χ0v) is 9.35. The molecule has 1 aromatic heterocycles. The van der Waals surface area contributed by atoms with E-state index in [0.717, 1.165) is 11.3 Å². The molecule has 0 bridgehead atoms. The molecule has 0 amide bonds. The van der Waals surface area contributed by atoms with Crippen LogP contribution in [0.4, 0.5) is 0 Å². The van der Waals surface area contributed by atoms with E-state index >= 15 is 0 Å². The van der Waals surface area contributed by atoms with Gasteiger partial charge in [-0.25, -0.2) is 4.98 Å². The van der Waals surface area contributed by atoms with Crippen molar-refractivity contribution in [2.75, 3.05) is 0 Å². The first-order valence-electron chi connectivity index (χ1n) is 4.53. The minimum atomic E-state index is -4.12. The normalized spacial score (nSPS) is 11.6. The van der Waals surface area contributed by atoms with Crippen molar-refractivity contribution in [2.24, 2.45) is 7.05 Å². The van der Waals surface area contributed by atoms with Crippen LogP contribution in [0.15, 0.2) is 41.7 Å². The monoisotopic (exact) mass is 238 g/mol. The lowest BCUT2D eigenvalue weighted by Gasteiger charge is -2.02. The summed E-state index contributed by atoms with van der Waals surface area (Å²) in [5.74, 6) is 0. The van der Waals surface area contributed by atoms with Crippen molar-refractivity contribution < 1.29 is 13.0 Å². The van der Waals surface area contributed by atoms with Crippen LogP contribution in [0.25, 0.3) is 11.3 Å². The van der Waals surface area contributed by atoms with E-state index in [9.17, 15) is 8.42 Å². The maximum Gasteiger partial charge on any atom is 0.294 e. The zero-order chi connectivity index (χ0) is 11.8. The predicted molar refractivity (Wildman–Crippen MR) is 58.5 cm³/mol. The molecule has 1 aromatic carbocycles. The molecule has 0 atom stereocenters. The highest BCUT2D eigenvalue weighted by atomic mass is 32.2. The van der Waals surface area contributed by atoms with Gasteiger partial charge in [0.25, 0.3) is 10.1 Å². The molecule has 16 heavy (non-hydrogen) atoms. The third-order valence-electron chi connectivity index (χ3n) is 2.26. The highest BCUT2D eigenvalue weighted by Crippen LogP contribution is 2.20. The summed E-state index contributed by atoms with van der Waals surface area (Å²) < 4.78 is 32.3. The van der Waals surface area contributed by atoms with E-state index in [-0.39, 0.29) is 4.90 Å². The molecular formula is C10H10N2O3S. The van der Waals surface area contributed by atoms with E-state index in [1.165, 1.54) is 12.1 Å². The summed E-state index contributed by atoms with van der Waals surface area (Å²) in [5, 5.41) is 0. The topological polar surface area (TPSA) is 72.2 Å². The highest BCUT2D eigenvalue weighted by Gasteiger charge is 2.09. The van der Waals surface area contributed by atoms with Gasteiger partial charge in [-0.2, -0.15) is 8.42 Å². The van der Waals surface area contributed by atoms with Crippen molar-refractivity contribution in [2.45, 2.75) is 4.90 Å². The number of imidazole rings is 1. The van der Waals surface area contributed by atoms with Crippen molar-refractivity contribution in [3.05, 3.63) is 36.8 Å². The molecule has 0 fully saturated rings. The van der Waals surface area contributed by atoms with Crippen molar-refractivity contribution >= 4 is 10.1 Å². The summed E-state index contributed by atoms with van der Waals surface area (Å²) in [6, 6.07) is 5.97. The molecule has 0 aliphatic heterocycles. The van der Waals surface area contributed by atoms with Crippen LogP contribution >= 0.6 is 0 Å². The molecule has 1 heterocycles. The summed E-state index contributed by atoms with van der Waals surface area (Å²) >= 11 is 0. The first-order valence-corrected chi connectivity index (χ1v) is 5.97. The van der Waals surface area contributed by atoms with E-state index in [4.69, 9.17) is 4.55 Å². The van der Waals surface area contributed by atoms with Crippen LogP contribution in [0, 0.1) is 0 Å². The lowest BCUT2D eigenvalue weighted by molar-refractivity contribution is 0.483. The number of benzene rings is 1. The minimum Gasteiger partial charge on any atom is -0.334 e. The Hall–Kier alpha value is -1.66. The average molecular weight is 238 g/mol. The minimum absolute atomic E-state index is 0.113. The first-order chi connectivity index (χ1) is 7.48. The number of nitrogens with zero attached hydrogens (tertiary/aromatic N) is 2. The zero-order valence-electron chi connectivity index (χ0n) is 8.53. The molecule has 0 aliphatic rings. The van der Waals surface area contributed by atoms with E-state index in [0.29, 0.717) is 0 Å². The van der Waals surface area contributed by atoms with Gasteiger partial charge in [0.2, 0.25) is 0 Å². The van der Waals surface area contributed by atoms with E-state index in [1.807, 2.05) is 11.6 Å². The Kier molecular flexibility index (Phi) is 2.53. The number of hydrogen-bond donors (Lipinski definition) is 1. The third kappa shape index (κ3) is 1.98. The van der Waals surface area contributed by atoms with Crippen molar-refractivity contribution in [1.29, 1.82) is 0 Å². The third-order valence-corrected chi connectivity index (χ3v) is 3.13. The summed E-state index contributed by atoms with van der Waals surface area (Å²) in [4.78, 5) is 3.85. The van der Waals surface area contributed by atoms with Gasteiger partial charge in [-0.1, -0.05) is 12.1 Å². The smallest absolute Gasteiger partial charge is 0.294 e. The second-order valence-electron chi connectivity index (χ2n) is 3.39. The molecule has 0 aliphatic carbocycles. The van der Waals surface area contributed by atoms with Crippen LogP contribution < -0.4 is 0 Å². The maximum absolute atomic E-state index is 10.8. The molecule has 0 spiro atoms. The molecular weight excluding hydrogens is 228 g/mol. The average Bonchev–Trinajstić information content (AvgIpc) is 2.63. The van der Waals surface area contributed by atoms with Crippen molar-refractivity contribution in [1.82, 2.24) is 9.55 Å². The standard InChI is InChI=1S/C10H10N2O3S/c1-12-7-11-6-10(12)8-2-4-9(5-3-8)16(13,14)15/h2-7H,1H3,(H,13,14,15). The first kappa shape index (κ1) is 10.8. The van der Waals surface area contributed by atoms with Crippen LogP contribution in [0.3, 0.4) is 0 Å². The Morgan fingerprint density at radius 1 is 1.25 bits per heavy atom. The van der Waals surface area contributed by atoms with E-state index in [1.54, 1.807) is 24.7 Å². The van der Waals surface area contributed by atoms with Gasteiger partial charge < -0.3 is 4.57 Å². The predicted octanol–water partition coefficient (Wildman–Crippen LogP) is 1.33. The second kappa shape index (κ2) is 3.73. The summed E-state index contributed by atoms with van der Waals surface area (Å²) in [5.41, 5.74) is 1.72. The fourth-order valence-electron chi connectivity index (χ4n) is 1.43. The van der Waals surface area contributed by atoms with Crippen LogP contribution in [-0.2, 0) is 17.2 Å². The number of aromatic nitrogens is 2. The molecule has 0 unspecified atom stereocenters. The van der Waals surface area contributed by atoms with Crippen LogP contribution in [-0.4, -0.2) is 22.5 Å². The van der Waals surface area contributed by atoms with Gasteiger partial charge in [-0.15, -0.1) is 0 Å². The van der Waals surface area contributed by atoms with Gasteiger partial charge in [-0.05, 0) is 17.7 Å². The van der Waals surface area contributed by atoms with E-state index in [2.05, 4.69) is 4.98 Å². The quantitative estimate of drug-likeness (QED) is 0.801. The molecule has 6 heteroatoms. The molecule has 84 valence electrons. The Balaban J connectivity index is 2.45. The van der Waals surface area contributed by atoms with Crippen LogP contribution in [0.1, 0.15) is 0 Å². The molecule has 0 saturated heterocycles. The number of rotatable bonds is 2. The molecule has 2 rings (SSSR count). The molecule has 5 nitrogen and oxygen atoms in total. The Morgan fingerprint density at radius 2 is 1.88 bits per heavy atom. The van der Waals surface area contributed by atoms with Crippen LogP contribution in [0.5, 0.6) is 0 Å². The number of hydrogen-bond acceptors (Lipinski definition) is 3. The van der Waals surface area contributed by atoms with Crippen molar-refractivity contribution in [3.63, 3.8) is 0 Å². The number of aryl methyl sites for hydroxylation is 1. The molecule has 2 aromatic rings. The second-order valence-corrected chi connectivity index (χ2v) is 4.81. The molecule has 0 radical (unpaired) electrons. The van der Waals surface area contributed by atoms with Gasteiger partial charge in [0.05, 0.1) is 23.1 Å². The SMILES string of the molecule is Cn1cncc1-c1ccc(S(=O)(=O)O)cc1. The maximum atomic E-state index is 10.8. The summed E-state index contributed by atoms with van der Waals surface area (Å²) in [6.07, 6.45) is 3.34. The van der Waals surface area contributed by atoms with Gasteiger partial charge in [0.15, 0.2) is 0 Å². The highest BCUT2D eigenvalue weighted by molar-refractivity contribution is 7.85. The van der Waals surface area contributed by atoms with Gasteiger partial charge in [-0.3, -0.25) is 4.55 Å². The van der Waals surface area contributed by atoms with E-state index < -0.39 is 10.1 Å². The fraction of sp³-hybridized carbons (Fsp3) is 0.100. The Morgan fingerprint density at radius 3 is 2.31 bits per heavy atom. The lowest BCUT2D eigenvalue weighted by Crippen LogP contribution is -1.97. The molecule has 0 saturated carbocycles. The molecule has 1 N–H and O–H groups in total. The largest absolute Gasteiger partial charge is 0.334 e. The van der Waals surface area contributed by atoms with Gasteiger partial charge in [0.1, 0.15) is 0 Å². The summed E-state index contributed by atoms with van der Waals surface area (Å²) in [7, 11) is -2.27. The fourth-order valence-corrected chi connectivity index (χ4v) is 1.91. The Bertz CT molecular complexity index is 599. The van der Waals surface area contributed by atoms with Gasteiger partial charge in [0, 0.05) is 7.05 Å². The summed E-state index contributed by atoms with van der Waals surface area (Å²) in [6.45, 7) is 0. The van der Waals surface area contributed by atoms with Gasteiger partial charge >= 0.3 is 0 Å². The van der Waals surface area contributed by atoms with Crippen LogP contribution in [0.2, 0.25) is 0 Å². The lowest BCUT2D eigenvalue weighted by atomic mass is 10.2. The van der Waals surface area contributed by atoms with Crippen molar-refractivity contribution in [3.8, 4) is 11.3 Å².